The third kappa shape index (κ3) is 4.29. The normalized spacial score (nSPS) is 20.1. The van der Waals surface area contributed by atoms with E-state index in [1.165, 1.54) is 6.92 Å². The quantitative estimate of drug-likeness (QED) is 0.455. The van der Waals surface area contributed by atoms with E-state index in [-0.39, 0.29) is 6.61 Å². The number of rotatable bonds is 4. The van der Waals surface area contributed by atoms with Crippen molar-refractivity contribution in [1.29, 1.82) is 0 Å². The highest BCUT2D eigenvalue weighted by molar-refractivity contribution is 6.31. The topological polar surface area (TPSA) is 46.6 Å². The van der Waals surface area contributed by atoms with E-state index in [1.807, 2.05) is 19.1 Å². The van der Waals surface area contributed by atoms with Crippen LogP contribution in [0.1, 0.15) is 13.8 Å². The molecule has 2 unspecified atom stereocenters. The molecule has 1 fully saturated rings. The molecule has 0 aliphatic carbocycles. The van der Waals surface area contributed by atoms with Crippen LogP contribution in [-0.2, 0) is 9.53 Å². The first-order chi connectivity index (χ1) is 9.52. The minimum atomic E-state index is -0.772. The van der Waals surface area contributed by atoms with Crippen LogP contribution in [0.5, 0.6) is 0 Å². The summed E-state index contributed by atoms with van der Waals surface area (Å²) < 4.78 is 4.91. The highest BCUT2D eigenvalue weighted by atomic mass is 35.5. The van der Waals surface area contributed by atoms with Gasteiger partial charge in [-0.1, -0.05) is 30.9 Å². The number of carbonyl (C=O) groups is 2. The minimum absolute atomic E-state index is 0.129. The van der Waals surface area contributed by atoms with Gasteiger partial charge in [0.1, 0.15) is 18.0 Å². The van der Waals surface area contributed by atoms with Crippen molar-refractivity contribution in [2.45, 2.75) is 25.3 Å². The van der Waals surface area contributed by atoms with E-state index in [2.05, 4.69) is 19.4 Å². The molecular weight excluding hydrogens is 278 g/mol. The van der Waals surface area contributed by atoms with Crippen molar-refractivity contribution in [3.63, 3.8) is 0 Å². The summed E-state index contributed by atoms with van der Waals surface area (Å²) in [6, 6.07) is -0.458. The van der Waals surface area contributed by atoms with Gasteiger partial charge in [0.15, 0.2) is 0 Å². The number of carbonyl (C=O) groups excluding carboxylic acids is 2. The predicted octanol–water partition coefficient (Wildman–Crippen LogP) is 2.90. The Kier molecular flexibility index (Phi) is 8.10. The zero-order valence-electron chi connectivity index (χ0n) is 11.6. The van der Waals surface area contributed by atoms with Crippen LogP contribution < -0.4 is 0 Å². The largest absolute Gasteiger partial charge is 0.446 e. The standard InChI is InChI=1S/C13H16ClNO3.C2H2/c1-4-6-7-10(5-2)11-8-18-13(17)15(11)12(16)9(3)14;1-2/h4-7,9,11H,2,8H2,1,3H3;1-2H/b6-4-,10-7+;. The number of halogens is 1. The Balaban J connectivity index is 0.00000172. The molecule has 0 aromatic heterocycles. The first-order valence-corrected chi connectivity index (χ1v) is 6.39. The van der Waals surface area contributed by atoms with Crippen molar-refractivity contribution in [3.8, 4) is 12.8 Å². The Morgan fingerprint density at radius 2 is 2.20 bits per heavy atom. The van der Waals surface area contributed by atoms with Gasteiger partial charge in [0.25, 0.3) is 0 Å². The SMILES string of the molecule is C#C.C=C/C(=C\C=C/C)C1COC(=O)N1C(=O)C(C)Cl. The van der Waals surface area contributed by atoms with Gasteiger partial charge in [0.05, 0.1) is 0 Å². The number of hydrogen-bond donors (Lipinski definition) is 0. The minimum Gasteiger partial charge on any atom is -0.446 e. The van der Waals surface area contributed by atoms with Gasteiger partial charge in [0, 0.05) is 0 Å². The second-order valence-corrected chi connectivity index (χ2v) is 4.47. The smallest absolute Gasteiger partial charge is 0.417 e. The van der Waals surface area contributed by atoms with E-state index in [9.17, 15) is 9.59 Å². The van der Waals surface area contributed by atoms with Crippen molar-refractivity contribution >= 4 is 23.6 Å². The summed E-state index contributed by atoms with van der Waals surface area (Å²) in [5.74, 6) is -0.461. The lowest BCUT2D eigenvalue weighted by molar-refractivity contribution is -0.128. The second-order valence-electron chi connectivity index (χ2n) is 3.81. The number of terminal acetylenes is 1. The molecule has 1 saturated heterocycles. The Hall–Kier alpha value is -1.99. The summed E-state index contributed by atoms with van der Waals surface area (Å²) in [7, 11) is 0. The van der Waals surface area contributed by atoms with E-state index < -0.39 is 23.4 Å². The molecule has 0 bridgehead atoms. The Labute approximate surface area is 124 Å². The van der Waals surface area contributed by atoms with Crippen LogP contribution in [0.3, 0.4) is 0 Å². The summed E-state index contributed by atoms with van der Waals surface area (Å²) in [6.45, 7) is 7.21. The first-order valence-electron chi connectivity index (χ1n) is 5.95. The maximum Gasteiger partial charge on any atom is 0.417 e. The van der Waals surface area contributed by atoms with Crippen LogP contribution in [0.4, 0.5) is 4.79 Å². The zero-order valence-corrected chi connectivity index (χ0v) is 12.3. The van der Waals surface area contributed by atoms with Gasteiger partial charge in [-0.25, -0.2) is 9.69 Å². The van der Waals surface area contributed by atoms with Crippen molar-refractivity contribution in [3.05, 3.63) is 36.5 Å². The Morgan fingerprint density at radius 3 is 2.65 bits per heavy atom. The molecule has 1 aliphatic heterocycles. The first kappa shape index (κ1) is 18.0. The monoisotopic (exact) mass is 295 g/mol. The van der Waals surface area contributed by atoms with Crippen LogP contribution in [0.15, 0.2) is 36.5 Å². The van der Waals surface area contributed by atoms with E-state index >= 15 is 0 Å². The number of nitrogens with zero attached hydrogens (tertiary/aromatic N) is 1. The fraction of sp³-hybridized carbons (Fsp3) is 0.333. The molecule has 2 atom stereocenters. The Bertz CT molecular complexity index is 449. The maximum atomic E-state index is 11.9. The molecule has 0 saturated carbocycles. The van der Waals surface area contributed by atoms with Crippen LogP contribution >= 0.6 is 11.6 Å². The number of cyclic esters (lactones) is 1. The molecular formula is C15H18ClNO3. The lowest BCUT2D eigenvalue weighted by Crippen LogP contribution is -2.43. The zero-order chi connectivity index (χ0) is 15.7. The molecule has 1 heterocycles. The number of allylic oxidation sites excluding steroid dienone is 3. The number of ether oxygens (including phenoxy) is 1. The van der Waals surface area contributed by atoms with Gasteiger partial charge < -0.3 is 4.74 Å². The average Bonchev–Trinajstić information content (AvgIpc) is 2.83. The molecule has 0 aromatic rings. The van der Waals surface area contributed by atoms with Crippen LogP contribution in [0.25, 0.3) is 0 Å². The highest BCUT2D eigenvalue weighted by Gasteiger charge is 2.40. The summed E-state index contributed by atoms with van der Waals surface area (Å²) in [6.07, 6.45) is 14.4. The third-order valence-electron chi connectivity index (χ3n) is 2.55. The van der Waals surface area contributed by atoms with Crippen molar-refractivity contribution < 1.29 is 14.3 Å². The van der Waals surface area contributed by atoms with E-state index in [4.69, 9.17) is 16.3 Å². The molecule has 1 rings (SSSR count). The van der Waals surface area contributed by atoms with E-state index in [1.54, 1.807) is 12.2 Å². The molecule has 0 radical (unpaired) electrons. The fourth-order valence-electron chi connectivity index (χ4n) is 1.62. The lowest BCUT2D eigenvalue weighted by Gasteiger charge is -2.21. The van der Waals surface area contributed by atoms with Gasteiger partial charge in [-0.2, -0.15) is 0 Å². The number of alkyl halides is 1. The van der Waals surface area contributed by atoms with Crippen LogP contribution in [0, 0.1) is 12.8 Å². The number of imide groups is 1. The summed E-state index contributed by atoms with van der Waals surface area (Å²) >= 11 is 5.73. The highest BCUT2D eigenvalue weighted by Crippen LogP contribution is 2.22. The molecule has 2 amide bonds. The van der Waals surface area contributed by atoms with Gasteiger partial charge >= 0.3 is 6.09 Å². The van der Waals surface area contributed by atoms with Gasteiger partial charge in [0.2, 0.25) is 5.91 Å². The van der Waals surface area contributed by atoms with Crippen molar-refractivity contribution in [2.75, 3.05) is 6.61 Å². The average molecular weight is 296 g/mol. The maximum absolute atomic E-state index is 11.9. The van der Waals surface area contributed by atoms with E-state index in [0.29, 0.717) is 0 Å². The summed E-state index contributed by atoms with van der Waals surface area (Å²) in [5.41, 5.74) is 0.740. The van der Waals surface area contributed by atoms with Crippen LogP contribution in [-0.4, -0.2) is 34.9 Å². The second kappa shape index (κ2) is 9.00. The summed E-state index contributed by atoms with van der Waals surface area (Å²) in [5, 5.41) is -0.772. The van der Waals surface area contributed by atoms with Crippen LogP contribution in [0.2, 0.25) is 0 Å². The third-order valence-corrected chi connectivity index (χ3v) is 2.74. The summed E-state index contributed by atoms with van der Waals surface area (Å²) in [4.78, 5) is 24.5. The number of amides is 2. The lowest BCUT2D eigenvalue weighted by atomic mass is 10.1. The molecule has 0 N–H and O–H groups in total. The molecule has 4 nitrogen and oxygen atoms in total. The van der Waals surface area contributed by atoms with Crippen molar-refractivity contribution in [1.82, 2.24) is 4.90 Å². The molecule has 0 aromatic carbocycles. The van der Waals surface area contributed by atoms with Gasteiger partial charge in [-0.3, -0.25) is 4.79 Å². The predicted molar refractivity (Wildman–Crippen MR) is 80.3 cm³/mol. The number of hydrogen-bond acceptors (Lipinski definition) is 3. The Morgan fingerprint density at radius 1 is 1.60 bits per heavy atom. The molecule has 5 heteroatoms. The fourth-order valence-corrected chi connectivity index (χ4v) is 1.73. The molecule has 1 aliphatic rings. The molecule has 20 heavy (non-hydrogen) atoms. The van der Waals surface area contributed by atoms with Gasteiger partial charge in [-0.15, -0.1) is 24.4 Å². The molecule has 108 valence electrons. The van der Waals surface area contributed by atoms with Crippen molar-refractivity contribution in [2.24, 2.45) is 0 Å². The molecule has 0 spiro atoms. The van der Waals surface area contributed by atoms with E-state index in [0.717, 1.165) is 10.5 Å². The van der Waals surface area contributed by atoms with Gasteiger partial charge in [-0.05, 0) is 19.4 Å².